The Balaban J connectivity index is 1.84. The zero-order chi connectivity index (χ0) is 13.7. The van der Waals surface area contributed by atoms with Gasteiger partial charge < -0.3 is 5.32 Å². The van der Waals surface area contributed by atoms with Crippen molar-refractivity contribution < 1.29 is 8.42 Å². The first-order valence-electron chi connectivity index (χ1n) is 6.92. The third-order valence-electron chi connectivity index (χ3n) is 3.26. The highest BCUT2D eigenvalue weighted by molar-refractivity contribution is 7.92. The van der Waals surface area contributed by atoms with Gasteiger partial charge in [0.1, 0.15) is 0 Å². The Bertz CT molecular complexity index is 510. The van der Waals surface area contributed by atoms with Crippen LogP contribution in [0.5, 0.6) is 0 Å². The standard InChI is InChI=1S/C14H22N2O2S/c1-2-12-6-3-4-7-14(12)16-19(17,18)11-5-10-15-13-8-9-13/h3-4,6-7,13,15-16H,2,5,8-11H2,1H3. The second-order valence-electron chi connectivity index (χ2n) is 5.01. The number of hydrogen-bond acceptors (Lipinski definition) is 3. The van der Waals surface area contributed by atoms with E-state index in [0.717, 1.165) is 18.5 Å². The van der Waals surface area contributed by atoms with Crippen LogP contribution in [-0.4, -0.2) is 26.8 Å². The van der Waals surface area contributed by atoms with E-state index < -0.39 is 10.0 Å². The Morgan fingerprint density at radius 3 is 2.68 bits per heavy atom. The average Bonchev–Trinajstić information content (AvgIpc) is 3.19. The summed E-state index contributed by atoms with van der Waals surface area (Å²) in [7, 11) is -3.23. The lowest BCUT2D eigenvalue weighted by atomic mass is 10.1. The van der Waals surface area contributed by atoms with Gasteiger partial charge in [-0.15, -0.1) is 0 Å². The van der Waals surface area contributed by atoms with Crippen LogP contribution in [0.2, 0.25) is 0 Å². The van der Waals surface area contributed by atoms with Crippen LogP contribution in [0, 0.1) is 0 Å². The molecule has 0 radical (unpaired) electrons. The lowest BCUT2D eigenvalue weighted by Gasteiger charge is -2.11. The molecule has 2 N–H and O–H groups in total. The van der Waals surface area contributed by atoms with Crippen molar-refractivity contribution in [1.29, 1.82) is 0 Å². The first kappa shape index (κ1) is 14.3. The van der Waals surface area contributed by atoms with Gasteiger partial charge in [0.25, 0.3) is 0 Å². The Kier molecular flexibility index (Phi) is 4.82. The van der Waals surface area contributed by atoms with E-state index >= 15 is 0 Å². The first-order chi connectivity index (χ1) is 9.11. The van der Waals surface area contributed by atoms with E-state index in [-0.39, 0.29) is 5.75 Å². The third kappa shape index (κ3) is 4.84. The van der Waals surface area contributed by atoms with Crippen LogP contribution in [0.4, 0.5) is 5.69 Å². The van der Waals surface area contributed by atoms with Crippen molar-refractivity contribution >= 4 is 15.7 Å². The highest BCUT2D eigenvalue weighted by Crippen LogP contribution is 2.19. The Hall–Kier alpha value is -1.07. The Labute approximate surface area is 115 Å². The van der Waals surface area contributed by atoms with Gasteiger partial charge in [0, 0.05) is 6.04 Å². The molecule has 0 spiro atoms. The molecule has 0 amide bonds. The minimum Gasteiger partial charge on any atom is -0.314 e. The molecule has 1 aromatic rings. The maximum absolute atomic E-state index is 12.0. The van der Waals surface area contributed by atoms with Crippen molar-refractivity contribution in [1.82, 2.24) is 5.32 Å². The number of sulfonamides is 1. The zero-order valence-corrected chi connectivity index (χ0v) is 12.2. The minimum atomic E-state index is -3.23. The summed E-state index contributed by atoms with van der Waals surface area (Å²) in [5.74, 6) is 0.171. The number of hydrogen-bond donors (Lipinski definition) is 2. The molecule has 106 valence electrons. The van der Waals surface area contributed by atoms with Gasteiger partial charge in [-0.3, -0.25) is 4.72 Å². The Morgan fingerprint density at radius 2 is 2.00 bits per heavy atom. The fourth-order valence-corrected chi connectivity index (χ4v) is 3.16. The summed E-state index contributed by atoms with van der Waals surface area (Å²) in [5.41, 5.74) is 1.74. The molecule has 0 saturated heterocycles. The second kappa shape index (κ2) is 6.39. The van der Waals surface area contributed by atoms with E-state index in [1.807, 2.05) is 31.2 Å². The second-order valence-corrected chi connectivity index (χ2v) is 6.86. The molecule has 4 nitrogen and oxygen atoms in total. The van der Waals surface area contributed by atoms with Crippen LogP contribution in [0.25, 0.3) is 0 Å². The van der Waals surface area contributed by atoms with Gasteiger partial charge in [0.15, 0.2) is 0 Å². The molecule has 1 aromatic carbocycles. The number of rotatable bonds is 8. The summed E-state index contributed by atoms with van der Waals surface area (Å²) < 4.78 is 26.7. The fourth-order valence-electron chi connectivity index (χ4n) is 2.00. The molecule has 1 aliphatic rings. The maximum atomic E-state index is 12.0. The quantitative estimate of drug-likeness (QED) is 0.718. The van der Waals surface area contributed by atoms with Crippen molar-refractivity contribution in [2.24, 2.45) is 0 Å². The van der Waals surface area contributed by atoms with Gasteiger partial charge in [-0.2, -0.15) is 0 Å². The van der Waals surface area contributed by atoms with Crippen molar-refractivity contribution in [3.05, 3.63) is 29.8 Å². The SMILES string of the molecule is CCc1ccccc1NS(=O)(=O)CCCNC1CC1. The van der Waals surface area contributed by atoms with Crippen LogP contribution < -0.4 is 10.0 Å². The first-order valence-corrected chi connectivity index (χ1v) is 8.58. The number of nitrogens with one attached hydrogen (secondary N) is 2. The molecule has 1 fully saturated rings. The van der Waals surface area contributed by atoms with Crippen LogP contribution in [0.1, 0.15) is 31.7 Å². The summed E-state index contributed by atoms with van der Waals surface area (Å²) in [6.07, 6.45) is 3.94. The van der Waals surface area contributed by atoms with Crippen LogP contribution in [-0.2, 0) is 16.4 Å². The lowest BCUT2D eigenvalue weighted by molar-refractivity contribution is 0.593. The molecular formula is C14H22N2O2S. The van der Waals surface area contributed by atoms with Crippen LogP contribution in [0.15, 0.2) is 24.3 Å². The largest absolute Gasteiger partial charge is 0.314 e. The van der Waals surface area contributed by atoms with Crippen molar-refractivity contribution in [3.63, 3.8) is 0 Å². The zero-order valence-electron chi connectivity index (χ0n) is 11.4. The van der Waals surface area contributed by atoms with Gasteiger partial charge in [-0.25, -0.2) is 8.42 Å². The molecule has 0 aromatic heterocycles. The molecule has 0 bridgehead atoms. The van der Waals surface area contributed by atoms with Crippen molar-refractivity contribution in [3.8, 4) is 0 Å². The van der Waals surface area contributed by atoms with E-state index in [1.54, 1.807) is 0 Å². The summed E-state index contributed by atoms with van der Waals surface area (Å²) in [6, 6.07) is 8.18. The molecular weight excluding hydrogens is 260 g/mol. The van der Waals surface area contributed by atoms with E-state index in [2.05, 4.69) is 10.0 Å². The highest BCUT2D eigenvalue weighted by atomic mass is 32.2. The smallest absolute Gasteiger partial charge is 0.232 e. The number of anilines is 1. The van der Waals surface area contributed by atoms with Crippen LogP contribution in [0.3, 0.4) is 0 Å². The summed E-state index contributed by atoms with van der Waals surface area (Å²) in [4.78, 5) is 0. The average molecular weight is 282 g/mol. The monoisotopic (exact) mass is 282 g/mol. The summed E-state index contributed by atoms with van der Waals surface area (Å²) in [5, 5.41) is 3.32. The number of aryl methyl sites for hydroxylation is 1. The maximum Gasteiger partial charge on any atom is 0.232 e. The van der Waals surface area contributed by atoms with Gasteiger partial charge in [0.05, 0.1) is 11.4 Å². The van der Waals surface area contributed by atoms with Crippen molar-refractivity contribution in [2.75, 3.05) is 17.0 Å². The molecule has 5 heteroatoms. The molecule has 2 rings (SSSR count). The Morgan fingerprint density at radius 1 is 1.26 bits per heavy atom. The summed E-state index contributed by atoms with van der Waals surface area (Å²) in [6.45, 7) is 2.80. The van der Waals surface area contributed by atoms with Gasteiger partial charge in [-0.1, -0.05) is 25.1 Å². The topological polar surface area (TPSA) is 58.2 Å². The highest BCUT2D eigenvalue weighted by Gasteiger charge is 2.20. The third-order valence-corrected chi connectivity index (χ3v) is 4.62. The van der Waals surface area contributed by atoms with E-state index in [0.29, 0.717) is 18.2 Å². The molecule has 1 saturated carbocycles. The molecule has 0 heterocycles. The number of para-hydroxylation sites is 1. The lowest BCUT2D eigenvalue weighted by Crippen LogP contribution is -2.23. The predicted molar refractivity (Wildman–Crippen MR) is 78.9 cm³/mol. The molecule has 0 unspecified atom stereocenters. The van der Waals surface area contributed by atoms with E-state index in [4.69, 9.17) is 0 Å². The molecule has 1 aliphatic carbocycles. The molecule has 19 heavy (non-hydrogen) atoms. The minimum absolute atomic E-state index is 0.171. The number of benzene rings is 1. The normalized spacial score (nSPS) is 15.4. The predicted octanol–water partition coefficient (Wildman–Crippen LogP) is 2.13. The van der Waals surface area contributed by atoms with E-state index in [1.165, 1.54) is 12.8 Å². The van der Waals surface area contributed by atoms with Crippen LogP contribution >= 0.6 is 0 Å². The van der Waals surface area contributed by atoms with Gasteiger partial charge in [0.2, 0.25) is 10.0 Å². The summed E-state index contributed by atoms with van der Waals surface area (Å²) >= 11 is 0. The van der Waals surface area contributed by atoms with E-state index in [9.17, 15) is 8.42 Å². The van der Waals surface area contributed by atoms with Crippen molar-refractivity contribution in [2.45, 2.75) is 38.6 Å². The fraction of sp³-hybridized carbons (Fsp3) is 0.571. The van der Waals surface area contributed by atoms with Gasteiger partial charge >= 0.3 is 0 Å². The van der Waals surface area contributed by atoms with Gasteiger partial charge in [-0.05, 0) is 43.9 Å². The molecule has 0 aliphatic heterocycles. The molecule has 0 atom stereocenters.